The molecule has 194 valence electrons. The zero-order valence-corrected chi connectivity index (χ0v) is 22.6. The molecular formula is C32H36O5. The van der Waals surface area contributed by atoms with E-state index in [1.807, 2.05) is 24.3 Å². The van der Waals surface area contributed by atoms with Crippen molar-refractivity contribution < 1.29 is 24.1 Å². The van der Waals surface area contributed by atoms with Crippen LogP contribution in [-0.2, 0) is 16.1 Å². The summed E-state index contributed by atoms with van der Waals surface area (Å²) in [6.45, 7) is 12.8. The summed E-state index contributed by atoms with van der Waals surface area (Å²) in [5.74, 6) is 6.27. The number of hydrogen-bond donors (Lipinski definition) is 1. The molecule has 3 aromatic carbocycles. The molecule has 5 nitrogen and oxygen atoms in total. The van der Waals surface area contributed by atoms with Crippen molar-refractivity contribution in [3.8, 4) is 34.5 Å². The Balaban J connectivity index is 1.72. The molecule has 0 amide bonds. The van der Waals surface area contributed by atoms with Gasteiger partial charge in [-0.1, -0.05) is 24.1 Å². The van der Waals surface area contributed by atoms with Gasteiger partial charge in [-0.15, -0.1) is 0 Å². The second-order valence-corrected chi connectivity index (χ2v) is 9.72. The molecule has 0 aromatic heterocycles. The molecule has 0 saturated carbocycles. The first-order valence-electron chi connectivity index (χ1n) is 12.5. The van der Waals surface area contributed by atoms with Crippen molar-refractivity contribution in [2.45, 2.75) is 60.2 Å². The van der Waals surface area contributed by atoms with Gasteiger partial charge in [-0.3, -0.25) is 0 Å². The molecule has 0 bridgehead atoms. The number of benzene rings is 3. The summed E-state index contributed by atoms with van der Waals surface area (Å²) in [7, 11) is 0. The number of aliphatic hydroxyl groups is 1. The van der Waals surface area contributed by atoms with Crippen molar-refractivity contribution in [3.05, 3.63) is 82.4 Å². The van der Waals surface area contributed by atoms with E-state index in [0.717, 1.165) is 33.8 Å². The van der Waals surface area contributed by atoms with Crippen molar-refractivity contribution in [3.63, 3.8) is 0 Å². The first-order valence-corrected chi connectivity index (χ1v) is 12.5. The highest BCUT2D eigenvalue weighted by atomic mass is 16.5. The minimum absolute atomic E-state index is 0.309. The number of esters is 1. The van der Waals surface area contributed by atoms with Crippen LogP contribution in [0, 0.1) is 32.6 Å². The molecule has 37 heavy (non-hydrogen) atoms. The van der Waals surface area contributed by atoms with Crippen LogP contribution in [0.25, 0.3) is 11.1 Å². The number of carbonyl (C=O) groups excluding carboxylic acids is 1. The third-order valence-electron chi connectivity index (χ3n) is 6.04. The third kappa shape index (κ3) is 8.13. The van der Waals surface area contributed by atoms with Crippen LogP contribution in [0.15, 0.2) is 54.6 Å². The van der Waals surface area contributed by atoms with Gasteiger partial charge in [0, 0.05) is 17.9 Å². The Hall–Kier alpha value is -3.75. The Bertz CT molecular complexity index is 1260. The van der Waals surface area contributed by atoms with Gasteiger partial charge < -0.3 is 19.3 Å². The molecule has 0 saturated heterocycles. The van der Waals surface area contributed by atoms with Gasteiger partial charge in [0.05, 0.1) is 18.8 Å². The van der Waals surface area contributed by atoms with Gasteiger partial charge in [-0.05, 0) is 111 Å². The maximum absolute atomic E-state index is 11.4. The molecule has 0 fully saturated rings. The number of ether oxygens (including phenoxy) is 3. The summed E-state index contributed by atoms with van der Waals surface area (Å²) >= 11 is 0. The predicted octanol–water partition coefficient (Wildman–Crippen LogP) is 6.31. The molecule has 0 radical (unpaired) electrons. The van der Waals surface area contributed by atoms with Gasteiger partial charge in [0.15, 0.2) is 0 Å². The third-order valence-corrected chi connectivity index (χ3v) is 6.04. The van der Waals surface area contributed by atoms with E-state index in [4.69, 9.17) is 14.2 Å². The van der Waals surface area contributed by atoms with Crippen molar-refractivity contribution in [2.75, 3.05) is 13.2 Å². The molecule has 3 rings (SSSR count). The number of aryl methyl sites for hydroxylation is 2. The van der Waals surface area contributed by atoms with Crippen LogP contribution >= 0.6 is 0 Å². The standard InChI is InChI=1S/C32H36O5/c1-7-35-30(33)16-13-25-11-14-27(15-12-25)37-21-26-9-8-10-29(24(26)4)31-22(2)19-28(20-23(31)3)36-18-17-32(5,6)34/h8-12,14-15,19-20,34H,7,17-18,21H2,1-6H3. The Morgan fingerprint density at radius 2 is 1.62 bits per heavy atom. The lowest BCUT2D eigenvalue weighted by Gasteiger charge is -2.19. The van der Waals surface area contributed by atoms with Gasteiger partial charge in [0.1, 0.15) is 18.1 Å². The maximum atomic E-state index is 11.4. The van der Waals surface area contributed by atoms with Crippen LogP contribution in [0.5, 0.6) is 11.5 Å². The Morgan fingerprint density at radius 3 is 2.24 bits per heavy atom. The monoisotopic (exact) mass is 500 g/mol. The molecule has 0 aliphatic rings. The minimum atomic E-state index is -0.746. The molecule has 0 atom stereocenters. The smallest absolute Gasteiger partial charge is 0.384 e. The summed E-state index contributed by atoms with van der Waals surface area (Å²) in [5.41, 5.74) is 6.89. The van der Waals surface area contributed by atoms with E-state index in [2.05, 4.69) is 62.9 Å². The van der Waals surface area contributed by atoms with E-state index in [1.54, 1.807) is 20.8 Å². The average molecular weight is 501 g/mol. The van der Waals surface area contributed by atoms with Gasteiger partial charge in [-0.2, -0.15) is 0 Å². The maximum Gasteiger partial charge on any atom is 0.384 e. The molecule has 3 aromatic rings. The molecule has 0 aliphatic carbocycles. The fourth-order valence-electron chi connectivity index (χ4n) is 4.05. The second kappa shape index (κ2) is 12.5. The van der Waals surface area contributed by atoms with E-state index in [-0.39, 0.29) is 0 Å². The number of hydrogen-bond acceptors (Lipinski definition) is 5. The summed E-state index contributed by atoms with van der Waals surface area (Å²) in [6.07, 6.45) is 0.567. The normalized spacial score (nSPS) is 10.9. The molecule has 5 heteroatoms. The lowest BCUT2D eigenvalue weighted by molar-refractivity contribution is -0.136. The molecule has 1 N–H and O–H groups in total. The van der Waals surface area contributed by atoms with Crippen LogP contribution in [0.4, 0.5) is 0 Å². The molecular weight excluding hydrogens is 464 g/mol. The van der Waals surface area contributed by atoms with Crippen LogP contribution in [-0.4, -0.2) is 29.9 Å². The largest absolute Gasteiger partial charge is 0.493 e. The molecule has 0 spiro atoms. The first-order chi connectivity index (χ1) is 17.6. The van der Waals surface area contributed by atoms with E-state index in [1.165, 1.54) is 16.7 Å². The fourth-order valence-corrected chi connectivity index (χ4v) is 4.05. The zero-order chi connectivity index (χ0) is 27.0. The zero-order valence-electron chi connectivity index (χ0n) is 22.6. The highest BCUT2D eigenvalue weighted by Gasteiger charge is 2.15. The van der Waals surface area contributed by atoms with Crippen LogP contribution in [0.3, 0.4) is 0 Å². The number of carbonyl (C=O) groups is 1. The average Bonchev–Trinajstić information content (AvgIpc) is 2.83. The van der Waals surface area contributed by atoms with E-state index in [9.17, 15) is 9.90 Å². The second-order valence-electron chi connectivity index (χ2n) is 9.72. The van der Waals surface area contributed by atoms with Crippen molar-refractivity contribution in [1.82, 2.24) is 0 Å². The van der Waals surface area contributed by atoms with Gasteiger partial charge >= 0.3 is 5.97 Å². The van der Waals surface area contributed by atoms with Crippen molar-refractivity contribution in [1.29, 1.82) is 0 Å². The van der Waals surface area contributed by atoms with E-state index < -0.39 is 11.6 Å². The highest BCUT2D eigenvalue weighted by molar-refractivity contribution is 5.89. The fraction of sp³-hybridized carbons (Fsp3) is 0.344. The summed E-state index contributed by atoms with van der Waals surface area (Å²) in [6, 6.07) is 17.7. The lowest BCUT2D eigenvalue weighted by atomic mass is 9.90. The van der Waals surface area contributed by atoms with Crippen LogP contribution < -0.4 is 9.47 Å². The molecule has 0 heterocycles. The van der Waals surface area contributed by atoms with Crippen LogP contribution in [0.2, 0.25) is 0 Å². The molecule has 0 unspecified atom stereocenters. The van der Waals surface area contributed by atoms with Gasteiger partial charge in [0.2, 0.25) is 0 Å². The van der Waals surface area contributed by atoms with E-state index in [0.29, 0.717) is 26.2 Å². The highest BCUT2D eigenvalue weighted by Crippen LogP contribution is 2.34. The van der Waals surface area contributed by atoms with Crippen molar-refractivity contribution >= 4 is 5.97 Å². The minimum Gasteiger partial charge on any atom is -0.493 e. The van der Waals surface area contributed by atoms with Gasteiger partial charge in [0.25, 0.3) is 0 Å². The van der Waals surface area contributed by atoms with Crippen LogP contribution in [0.1, 0.15) is 55.0 Å². The SMILES string of the molecule is CCOC(=O)C#Cc1ccc(OCc2cccc(-c3c(C)cc(OCCC(C)(C)O)cc3C)c2C)cc1. The Labute approximate surface area is 220 Å². The quantitative estimate of drug-likeness (QED) is 0.275. The summed E-state index contributed by atoms with van der Waals surface area (Å²) in [5, 5.41) is 9.93. The Morgan fingerprint density at radius 1 is 0.946 bits per heavy atom. The first kappa shape index (κ1) is 27.8. The Kier molecular flexibility index (Phi) is 9.38. The topological polar surface area (TPSA) is 65.0 Å². The predicted molar refractivity (Wildman–Crippen MR) is 147 cm³/mol. The van der Waals surface area contributed by atoms with Crippen molar-refractivity contribution in [2.24, 2.45) is 0 Å². The van der Waals surface area contributed by atoms with Gasteiger partial charge in [-0.25, -0.2) is 4.79 Å². The summed E-state index contributed by atoms with van der Waals surface area (Å²) in [4.78, 5) is 11.4. The molecule has 0 aliphatic heterocycles. The summed E-state index contributed by atoms with van der Waals surface area (Å²) < 4.78 is 16.8. The van der Waals surface area contributed by atoms with E-state index >= 15 is 0 Å². The lowest BCUT2D eigenvalue weighted by Crippen LogP contribution is -2.21. The number of rotatable bonds is 9.